The minimum Gasteiger partial charge on any atom is -0.481 e. The third kappa shape index (κ3) is 19.6. The first-order chi connectivity index (χ1) is 21.7. The van der Waals surface area contributed by atoms with Crippen LogP contribution in [0.1, 0.15) is 90.5 Å². The molecule has 7 heteroatoms. The second-order valence-electron chi connectivity index (χ2n) is 11.2. The summed E-state index contributed by atoms with van der Waals surface area (Å²) in [5.74, 6) is -1.11. The van der Waals surface area contributed by atoms with Crippen LogP contribution >= 0.6 is 0 Å². The number of carbonyl (C=O) groups is 3. The highest BCUT2D eigenvalue weighted by molar-refractivity contribution is 5.83. The zero-order chi connectivity index (χ0) is 33.2. The summed E-state index contributed by atoms with van der Waals surface area (Å²) in [6, 6.07) is 3.52. The summed E-state index contributed by atoms with van der Waals surface area (Å²) < 4.78 is 6.01. The molecule has 1 unspecified atom stereocenters. The summed E-state index contributed by atoms with van der Waals surface area (Å²) in [4.78, 5) is 40.6. The standard InChI is InChI=1S/C38H52N2O5/c1-5-6-7-8-9-10-11-12-13-14-15-16-17-18-19-20-21-22-25-34(41)26-28-38(3,4)36(37(44)40-30-27-35(42)43)45-32(2)33-24-23-29-39-31-33/h6-7,9-10,12-13,15-16,18-19,21-24,29,31,36H,2,5,8,11,14,17,20,25-28,30H2,1,3-4H3,(H,40,44)(H,42,43)/b7-6-,10-9-,13-12-,16-15-,19-18-,22-21-. The Bertz CT molecular complexity index is 1210. The van der Waals surface area contributed by atoms with E-state index in [4.69, 9.17) is 9.84 Å². The van der Waals surface area contributed by atoms with E-state index in [1.165, 1.54) is 0 Å². The topological polar surface area (TPSA) is 106 Å². The Balaban J connectivity index is 2.45. The molecule has 1 heterocycles. The molecule has 1 amide bonds. The fourth-order valence-electron chi connectivity index (χ4n) is 4.12. The van der Waals surface area contributed by atoms with Gasteiger partial charge < -0.3 is 15.2 Å². The van der Waals surface area contributed by atoms with Crippen molar-refractivity contribution >= 4 is 23.4 Å². The van der Waals surface area contributed by atoms with Crippen molar-refractivity contribution in [1.29, 1.82) is 0 Å². The Morgan fingerprint density at radius 1 is 0.889 bits per heavy atom. The summed E-state index contributed by atoms with van der Waals surface area (Å²) in [5.41, 5.74) is -0.0996. The number of carboxylic acid groups (broad SMARTS) is 1. The normalized spacial score (nSPS) is 13.1. The number of hydrogen-bond acceptors (Lipinski definition) is 5. The predicted octanol–water partition coefficient (Wildman–Crippen LogP) is 8.49. The minimum atomic E-state index is -1.01. The van der Waals surface area contributed by atoms with E-state index in [-0.39, 0.29) is 30.9 Å². The molecule has 0 radical (unpaired) electrons. The SMILES string of the molecule is C=C(OC(C(=O)NCCC(=O)O)C(C)(C)CCC(=O)C/C=C\C/C=C\C/C=C\C/C=C\C/C=C\C/C=C\CC)c1cccnc1. The highest BCUT2D eigenvalue weighted by Crippen LogP contribution is 2.33. The van der Waals surface area contributed by atoms with Gasteiger partial charge in [-0.3, -0.25) is 19.4 Å². The molecule has 0 aliphatic rings. The molecule has 0 fully saturated rings. The number of aromatic nitrogens is 1. The number of carbonyl (C=O) groups excluding carboxylic acids is 2. The van der Waals surface area contributed by atoms with Crippen LogP contribution in [0.4, 0.5) is 0 Å². The van der Waals surface area contributed by atoms with E-state index in [0.29, 0.717) is 18.4 Å². The van der Waals surface area contributed by atoms with Crippen LogP contribution in [0, 0.1) is 5.41 Å². The van der Waals surface area contributed by atoms with Crippen molar-refractivity contribution in [1.82, 2.24) is 10.3 Å². The van der Waals surface area contributed by atoms with Crippen LogP contribution in [-0.4, -0.2) is 40.4 Å². The molecule has 0 saturated carbocycles. The molecule has 7 nitrogen and oxygen atoms in total. The van der Waals surface area contributed by atoms with Gasteiger partial charge in [0.15, 0.2) is 6.10 Å². The van der Waals surface area contributed by atoms with E-state index in [1.54, 1.807) is 24.5 Å². The van der Waals surface area contributed by atoms with Crippen LogP contribution in [0.25, 0.3) is 5.76 Å². The van der Waals surface area contributed by atoms with Crippen molar-refractivity contribution in [2.24, 2.45) is 5.41 Å². The van der Waals surface area contributed by atoms with Gasteiger partial charge in [-0.25, -0.2) is 0 Å². The number of hydrogen-bond donors (Lipinski definition) is 2. The van der Waals surface area contributed by atoms with Gasteiger partial charge in [-0.15, -0.1) is 0 Å². The Morgan fingerprint density at radius 3 is 1.91 bits per heavy atom. The smallest absolute Gasteiger partial charge is 0.305 e. The second kappa shape index (κ2) is 24.1. The first-order valence-corrected chi connectivity index (χ1v) is 15.8. The second-order valence-corrected chi connectivity index (χ2v) is 11.2. The van der Waals surface area contributed by atoms with Gasteiger partial charge >= 0.3 is 5.97 Å². The van der Waals surface area contributed by atoms with Gasteiger partial charge in [0.2, 0.25) is 0 Å². The van der Waals surface area contributed by atoms with Crippen LogP contribution in [0.15, 0.2) is 104 Å². The van der Waals surface area contributed by atoms with Crippen LogP contribution in [0.5, 0.6) is 0 Å². The monoisotopic (exact) mass is 616 g/mol. The molecule has 0 spiro atoms. The largest absolute Gasteiger partial charge is 0.481 e. The molecule has 1 aromatic heterocycles. The molecule has 0 aliphatic heterocycles. The molecular weight excluding hydrogens is 564 g/mol. The van der Waals surface area contributed by atoms with Gasteiger partial charge in [-0.1, -0.05) is 100 Å². The quantitative estimate of drug-likeness (QED) is 0.0891. The lowest BCUT2D eigenvalue weighted by molar-refractivity contribution is -0.138. The lowest BCUT2D eigenvalue weighted by Crippen LogP contribution is -2.46. The zero-order valence-electron chi connectivity index (χ0n) is 27.3. The third-order valence-electron chi connectivity index (χ3n) is 6.82. The molecule has 244 valence electrons. The van der Waals surface area contributed by atoms with E-state index in [0.717, 1.165) is 38.5 Å². The van der Waals surface area contributed by atoms with E-state index in [2.05, 4.69) is 84.6 Å². The summed E-state index contributed by atoms with van der Waals surface area (Å²) >= 11 is 0. The molecule has 0 bridgehead atoms. The Kier molecular flexibility index (Phi) is 20.8. The Labute approximate surface area is 270 Å². The van der Waals surface area contributed by atoms with E-state index in [9.17, 15) is 14.4 Å². The number of rotatable bonds is 24. The summed E-state index contributed by atoms with van der Waals surface area (Å²) in [5, 5.41) is 11.6. The Morgan fingerprint density at radius 2 is 1.42 bits per heavy atom. The van der Waals surface area contributed by atoms with Crippen molar-refractivity contribution in [2.75, 3.05) is 6.54 Å². The Hall–Kier alpha value is -4.26. The summed E-state index contributed by atoms with van der Waals surface area (Å²) in [6.07, 6.45) is 34.1. The number of nitrogens with zero attached hydrogens (tertiary/aromatic N) is 1. The van der Waals surface area contributed by atoms with Crippen LogP contribution in [0.2, 0.25) is 0 Å². The van der Waals surface area contributed by atoms with Gasteiger partial charge in [0.25, 0.3) is 5.91 Å². The van der Waals surface area contributed by atoms with Crippen molar-refractivity contribution in [3.8, 4) is 0 Å². The van der Waals surface area contributed by atoms with Gasteiger partial charge in [0.1, 0.15) is 11.5 Å². The molecule has 0 saturated heterocycles. The van der Waals surface area contributed by atoms with Crippen molar-refractivity contribution in [2.45, 2.75) is 91.1 Å². The fourth-order valence-corrected chi connectivity index (χ4v) is 4.12. The minimum absolute atomic E-state index is 0.0227. The van der Waals surface area contributed by atoms with Crippen LogP contribution < -0.4 is 5.32 Å². The van der Waals surface area contributed by atoms with Gasteiger partial charge in [-0.2, -0.15) is 0 Å². The number of ether oxygens (including phenoxy) is 1. The molecule has 1 aromatic rings. The maximum atomic E-state index is 13.0. The number of pyridine rings is 1. The molecule has 0 aromatic carbocycles. The summed E-state index contributed by atoms with van der Waals surface area (Å²) in [7, 11) is 0. The number of amides is 1. The number of allylic oxidation sites excluding steroid dienone is 12. The first kappa shape index (κ1) is 38.8. The van der Waals surface area contributed by atoms with Crippen molar-refractivity contribution < 1.29 is 24.2 Å². The number of aliphatic carboxylic acids is 1. The lowest BCUT2D eigenvalue weighted by atomic mass is 9.80. The fraction of sp³-hybridized carbons (Fsp3) is 0.421. The van der Waals surface area contributed by atoms with E-state index < -0.39 is 23.4 Å². The molecule has 2 N–H and O–H groups in total. The van der Waals surface area contributed by atoms with Crippen molar-refractivity contribution in [3.05, 3.63) is 110 Å². The van der Waals surface area contributed by atoms with E-state index in [1.807, 2.05) is 26.0 Å². The number of nitrogens with one attached hydrogen (secondary N) is 1. The number of Topliss-reactive ketones (excluding diaryl/α,β-unsaturated/α-hetero) is 1. The summed E-state index contributed by atoms with van der Waals surface area (Å²) in [6.45, 7) is 9.78. The molecule has 1 rings (SSSR count). The molecule has 0 aliphatic carbocycles. The average Bonchev–Trinajstić information content (AvgIpc) is 3.02. The van der Waals surface area contributed by atoms with Gasteiger partial charge in [0, 0.05) is 42.8 Å². The van der Waals surface area contributed by atoms with Crippen LogP contribution in [0.3, 0.4) is 0 Å². The lowest BCUT2D eigenvalue weighted by Gasteiger charge is -2.34. The number of carboxylic acids is 1. The molecule has 45 heavy (non-hydrogen) atoms. The van der Waals surface area contributed by atoms with Crippen LogP contribution in [-0.2, 0) is 19.1 Å². The molecule has 1 atom stereocenters. The first-order valence-electron chi connectivity index (χ1n) is 15.8. The average molecular weight is 617 g/mol. The number of ketones is 1. The maximum Gasteiger partial charge on any atom is 0.305 e. The highest BCUT2D eigenvalue weighted by atomic mass is 16.5. The maximum absolute atomic E-state index is 13.0. The third-order valence-corrected chi connectivity index (χ3v) is 6.82. The van der Waals surface area contributed by atoms with E-state index >= 15 is 0 Å². The van der Waals surface area contributed by atoms with Crippen molar-refractivity contribution in [3.63, 3.8) is 0 Å². The predicted molar refractivity (Wildman–Crippen MR) is 184 cm³/mol. The zero-order valence-corrected chi connectivity index (χ0v) is 27.3. The highest BCUT2D eigenvalue weighted by Gasteiger charge is 2.37. The van der Waals surface area contributed by atoms with Gasteiger partial charge in [-0.05, 0) is 57.1 Å². The molecular formula is C38H52N2O5. The van der Waals surface area contributed by atoms with Gasteiger partial charge in [0.05, 0.1) is 6.42 Å².